The fourth-order valence-corrected chi connectivity index (χ4v) is 6.29. The molecule has 1 aromatic rings. The average Bonchev–Trinajstić information content (AvgIpc) is 2.42. The van der Waals surface area contributed by atoms with Gasteiger partial charge in [-0.1, -0.05) is 23.3 Å². The highest BCUT2D eigenvalue weighted by Gasteiger charge is 2.45. The smallest absolute Gasteiger partial charge is 0.199 e. The van der Waals surface area contributed by atoms with Crippen molar-refractivity contribution in [2.75, 3.05) is 0 Å². The Morgan fingerprint density at radius 1 is 0.905 bits per heavy atom. The summed E-state index contributed by atoms with van der Waals surface area (Å²) in [5.41, 5.74) is 2.33. The van der Waals surface area contributed by atoms with Gasteiger partial charge in [-0.15, -0.1) is 0 Å². The molecule has 0 aliphatic heterocycles. The van der Waals surface area contributed by atoms with E-state index in [0.717, 1.165) is 17.4 Å². The number of sulfone groups is 1. The van der Waals surface area contributed by atoms with Crippen LogP contribution in [0.25, 0.3) is 0 Å². The number of rotatable bonds is 2. The van der Waals surface area contributed by atoms with E-state index < -0.39 is 9.84 Å². The summed E-state index contributed by atoms with van der Waals surface area (Å²) in [6.07, 6.45) is 6.29. The Labute approximate surface area is 127 Å². The van der Waals surface area contributed by atoms with Crippen LogP contribution in [0, 0.1) is 30.6 Å². The van der Waals surface area contributed by atoms with E-state index in [9.17, 15) is 8.42 Å². The molecule has 0 radical (unpaired) electrons. The Morgan fingerprint density at radius 3 is 1.95 bits per heavy atom. The van der Waals surface area contributed by atoms with E-state index in [-0.39, 0.29) is 0 Å². The van der Waals surface area contributed by atoms with Gasteiger partial charge in [0.15, 0.2) is 9.84 Å². The van der Waals surface area contributed by atoms with Gasteiger partial charge in [-0.2, -0.15) is 0 Å². The molecule has 0 N–H and O–H groups in total. The van der Waals surface area contributed by atoms with Crippen LogP contribution in [0.5, 0.6) is 0 Å². The van der Waals surface area contributed by atoms with E-state index in [0.29, 0.717) is 16.7 Å². The number of hydrogen-bond acceptors (Lipinski definition) is 2. The first kappa shape index (κ1) is 13.6. The molecular weight excluding hydrogens is 280 g/mol. The maximum atomic E-state index is 12.7. The highest BCUT2D eigenvalue weighted by molar-refractivity contribution is 7.94. The van der Waals surface area contributed by atoms with Crippen molar-refractivity contribution < 1.29 is 8.42 Å². The average molecular weight is 302 g/mol. The third kappa shape index (κ3) is 2.36. The molecule has 4 aliphatic carbocycles. The van der Waals surface area contributed by atoms with Gasteiger partial charge in [0.1, 0.15) is 0 Å². The highest BCUT2D eigenvalue weighted by atomic mass is 32.2. The van der Waals surface area contributed by atoms with Crippen LogP contribution in [0.4, 0.5) is 0 Å². The summed E-state index contributed by atoms with van der Waals surface area (Å²) in [4.78, 5) is 0.439. The lowest BCUT2D eigenvalue weighted by molar-refractivity contribution is 0.0699. The predicted octanol–water partition coefficient (Wildman–Crippen LogP) is 4.11. The quantitative estimate of drug-likeness (QED) is 0.824. The molecule has 0 heterocycles. The van der Waals surface area contributed by atoms with Gasteiger partial charge in [-0.05, 0) is 74.8 Å². The van der Waals surface area contributed by atoms with Crippen molar-refractivity contribution >= 4 is 9.84 Å². The predicted molar refractivity (Wildman–Crippen MR) is 83.5 cm³/mol. The minimum Gasteiger partial charge on any atom is -0.219 e. The van der Waals surface area contributed by atoms with E-state index in [1.165, 1.54) is 37.7 Å². The summed E-state index contributed by atoms with van der Waals surface area (Å²) in [6.45, 7) is 1.98. The van der Waals surface area contributed by atoms with Gasteiger partial charge >= 0.3 is 0 Å². The largest absolute Gasteiger partial charge is 0.219 e. The van der Waals surface area contributed by atoms with Crippen LogP contribution in [0.2, 0.25) is 0 Å². The second kappa shape index (κ2) is 4.70. The third-order valence-corrected chi connectivity index (χ3v) is 7.23. The lowest BCUT2D eigenvalue weighted by atomic mass is 9.54. The Morgan fingerprint density at radius 2 is 1.43 bits per heavy atom. The molecule has 0 spiro atoms. The number of hydrogen-bond donors (Lipinski definition) is 0. The zero-order valence-corrected chi connectivity index (χ0v) is 13.3. The molecule has 0 atom stereocenters. The standard InChI is InChI=1S/C18H22O2S/c1-12-2-4-17(5-3-12)21(19,20)11-18-15-7-13-6-14(9-15)10-16(18)8-13/h2-5,11,13-16H,6-10H2,1H3. The monoisotopic (exact) mass is 302 g/mol. The summed E-state index contributed by atoms with van der Waals surface area (Å²) in [5, 5.41) is 1.63. The SMILES string of the molecule is Cc1ccc(S(=O)(=O)C=C2C3CC4CC(C3)CC2C4)cc1. The van der Waals surface area contributed by atoms with Crippen LogP contribution >= 0.6 is 0 Å². The van der Waals surface area contributed by atoms with Crippen molar-refractivity contribution in [2.24, 2.45) is 23.7 Å². The molecule has 5 rings (SSSR count). The van der Waals surface area contributed by atoms with Crippen molar-refractivity contribution in [3.05, 3.63) is 40.8 Å². The Bertz CT molecular complexity index is 652. The fraction of sp³-hybridized carbons (Fsp3) is 0.556. The van der Waals surface area contributed by atoms with Gasteiger partial charge in [0, 0.05) is 5.41 Å². The van der Waals surface area contributed by atoms with Crippen LogP contribution in [0.15, 0.2) is 40.1 Å². The topological polar surface area (TPSA) is 34.1 Å². The molecule has 4 fully saturated rings. The van der Waals surface area contributed by atoms with Crippen molar-refractivity contribution in [3.8, 4) is 0 Å². The fourth-order valence-electron chi connectivity index (χ4n) is 4.90. The Hall–Kier alpha value is -1.09. The van der Waals surface area contributed by atoms with Gasteiger partial charge in [0.05, 0.1) is 4.90 Å². The van der Waals surface area contributed by atoms with E-state index in [1.54, 1.807) is 17.5 Å². The molecule has 0 saturated heterocycles. The summed E-state index contributed by atoms with van der Waals surface area (Å²) in [6, 6.07) is 7.22. The van der Waals surface area contributed by atoms with E-state index in [1.807, 2.05) is 19.1 Å². The van der Waals surface area contributed by atoms with Gasteiger partial charge in [0.2, 0.25) is 0 Å². The number of aryl methyl sites for hydroxylation is 1. The molecule has 112 valence electrons. The summed E-state index contributed by atoms with van der Waals surface area (Å²) >= 11 is 0. The van der Waals surface area contributed by atoms with Crippen molar-refractivity contribution in [1.82, 2.24) is 0 Å². The normalized spacial score (nSPS) is 34.2. The third-order valence-electron chi connectivity index (χ3n) is 5.72. The van der Waals surface area contributed by atoms with Gasteiger partial charge in [-0.3, -0.25) is 0 Å². The van der Waals surface area contributed by atoms with Gasteiger partial charge in [0.25, 0.3) is 0 Å². The molecule has 2 nitrogen and oxygen atoms in total. The summed E-state index contributed by atoms with van der Waals surface area (Å²) < 4.78 is 25.3. The molecule has 4 bridgehead atoms. The first-order valence-electron chi connectivity index (χ1n) is 8.04. The molecular formula is C18H22O2S. The molecule has 4 saturated carbocycles. The Balaban J connectivity index is 1.69. The zero-order chi connectivity index (χ0) is 14.6. The van der Waals surface area contributed by atoms with Crippen molar-refractivity contribution in [1.29, 1.82) is 0 Å². The Kier molecular flexibility index (Phi) is 3.04. The molecule has 3 heteroatoms. The van der Waals surface area contributed by atoms with Crippen LogP contribution in [0.1, 0.15) is 37.7 Å². The lowest BCUT2D eigenvalue weighted by Crippen LogP contribution is -2.40. The van der Waals surface area contributed by atoms with Crippen LogP contribution in [-0.2, 0) is 9.84 Å². The zero-order valence-electron chi connectivity index (χ0n) is 12.5. The van der Waals surface area contributed by atoms with Crippen LogP contribution in [-0.4, -0.2) is 8.42 Å². The summed E-state index contributed by atoms with van der Waals surface area (Å²) in [5.74, 6) is 2.82. The minimum atomic E-state index is -3.28. The first-order valence-corrected chi connectivity index (χ1v) is 9.59. The summed E-state index contributed by atoms with van der Waals surface area (Å²) in [7, 11) is -3.28. The molecule has 4 aliphatic rings. The van der Waals surface area contributed by atoms with E-state index in [4.69, 9.17) is 0 Å². The molecule has 0 amide bonds. The second-order valence-corrected chi connectivity index (χ2v) is 9.08. The number of benzene rings is 1. The van der Waals surface area contributed by atoms with Crippen molar-refractivity contribution in [3.63, 3.8) is 0 Å². The van der Waals surface area contributed by atoms with Gasteiger partial charge in [-0.25, -0.2) is 8.42 Å². The van der Waals surface area contributed by atoms with E-state index >= 15 is 0 Å². The maximum Gasteiger partial charge on any atom is 0.199 e. The molecule has 21 heavy (non-hydrogen) atoms. The van der Waals surface area contributed by atoms with E-state index in [2.05, 4.69) is 0 Å². The lowest BCUT2D eigenvalue weighted by Gasteiger charge is -2.51. The molecule has 0 aromatic heterocycles. The molecule has 0 unspecified atom stereocenters. The van der Waals surface area contributed by atoms with Crippen molar-refractivity contribution in [2.45, 2.75) is 43.9 Å². The van der Waals surface area contributed by atoms with Crippen LogP contribution < -0.4 is 0 Å². The van der Waals surface area contributed by atoms with Crippen LogP contribution in [0.3, 0.4) is 0 Å². The minimum absolute atomic E-state index is 0.439. The second-order valence-electron chi connectivity index (χ2n) is 7.28. The maximum absolute atomic E-state index is 12.7. The number of allylic oxidation sites excluding steroid dienone is 1. The first-order chi connectivity index (χ1) is 10.0. The molecule has 1 aromatic carbocycles. The highest BCUT2D eigenvalue weighted by Crippen LogP contribution is 2.56. The van der Waals surface area contributed by atoms with Gasteiger partial charge < -0.3 is 0 Å².